The Labute approximate surface area is 94.9 Å². The Hall–Kier alpha value is -0.0900. The Kier molecular flexibility index (Phi) is 4.89. The first-order chi connectivity index (χ1) is 6.38. The largest absolute Gasteiger partial charge is 0.381 e. The molecule has 1 fully saturated rings. The van der Waals surface area contributed by atoms with E-state index in [4.69, 9.17) is 10.5 Å². The number of ether oxygens (including phenoxy) is 1. The molecule has 0 radical (unpaired) electrons. The fourth-order valence-corrected chi connectivity index (χ4v) is 2.61. The molecule has 1 atom stereocenters. The quantitative estimate of drug-likeness (QED) is 0.852. The molecule has 14 heavy (non-hydrogen) atoms. The van der Waals surface area contributed by atoms with Crippen LogP contribution in [0.3, 0.4) is 0 Å². The van der Waals surface area contributed by atoms with Crippen molar-refractivity contribution in [3.8, 4) is 0 Å². The summed E-state index contributed by atoms with van der Waals surface area (Å²) in [5, 5.41) is 2.09. The highest BCUT2D eigenvalue weighted by Crippen LogP contribution is 2.30. The molecule has 1 aromatic rings. The first kappa shape index (κ1) is 12.0. The molecule has 2 heterocycles. The van der Waals surface area contributed by atoms with Gasteiger partial charge < -0.3 is 10.5 Å². The second-order valence-corrected chi connectivity index (χ2v) is 4.47. The van der Waals surface area contributed by atoms with Crippen LogP contribution in [0, 0.1) is 5.92 Å². The first-order valence-electron chi connectivity index (χ1n) is 4.74. The third-order valence-electron chi connectivity index (χ3n) is 2.65. The van der Waals surface area contributed by atoms with Crippen molar-refractivity contribution in [2.24, 2.45) is 11.7 Å². The lowest BCUT2D eigenvalue weighted by atomic mass is 9.91. The highest BCUT2D eigenvalue weighted by molar-refractivity contribution is 7.10. The molecule has 2 N–H and O–H groups in total. The van der Waals surface area contributed by atoms with Crippen LogP contribution in [0.5, 0.6) is 0 Å². The zero-order valence-corrected chi connectivity index (χ0v) is 9.65. The van der Waals surface area contributed by atoms with Gasteiger partial charge in [0.05, 0.1) is 0 Å². The molecule has 1 saturated heterocycles. The van der Waals surface area contributed by atoms with Crippen LogP contribution in [0.1, 0.15) is 23.8 Å². The Morgan fingerprint density at radius 2 is 2.14 bits per heavy atom. The molecule has 0 spiro atoms. The normalized spacial score (nSPS) is 20.1. The molecule has 0 amide bonds. The van der Waals surface area contributed by atoms with Crippen LogP contribution >= 0.6 is 23.7 Å². The van der Waals surface area contributed by atoms with Crippen LogP contribution < -0.4 is 5.73 Å². The summed E-state index contributed by atoms with van der Waals surface area (Å²) in [6.07, 6.45) is 2.22. The summed E-state index contributed by atoms with van der Waals surface area (Å²) in [5.74, 6) is 0.618. The number of hydrogen-bond acceptors (Lipinski definition) is 3. The maximum atomic E-state index is 6.17. The van der Waals surface area contributed by atoms with Gasteiger partial charge in [0.1, 0.15) is 0 Å². The third kappa shape index (κ3) is 2.70. The van der Waals surface area contributed by atoms with Gasteiger partial charge >= 0.3 is 0 Å². The maximum absolute atomic E-state index is 6.17. The van der Waals surface area contributed by atoms with E-state index < -0.39 is 0 Å². The van der Waals surface area contributed by atoms with Gasteiger partial charge in [-0.25, -0.2) is 0 Å². The van der Waals surface area contributed by atoms with Gasteiger partial charge in [-0.15, -0.1) is 23.7 Å². The van der Waals surface area contributed by atoms with Crippen molar-refractivity contribution < 1.29 is 4.74 Å². The van der Waals surface area contributed by atoms with E-state index in [-0.39, 0.29) is 18.4 Å². The minimum Gasteiger partial charge on any atom is -0.381 e. The van der Waals surface area contributed by atoms with Crippen molar-refractivity contribution >= 4 is 23.7 Å². The molecule has 1 aromatic heterocycles. The second-order valence-electron chi connectivity index (χ2n) is 3.49. The lowest BCUT2D eigenvalue weighted by molar-refractivity contribution is 0.0587. The first-order valence-corrected chi connectivity index (χ1v) is 5.62. The van der Waals surface area contributed by atoms with Gasteiger partial charge in [-0.2, -0.15) is 0 Å². The Morgan fingerprint density at radius 1 is 1.43 bits per heavy atom. The molecule has 0 saturated carbocycles. The van der Waals surface area contributed by atoms with Gasteiger partial charge in [0.25, 0.3) is 0 Å². The predicted octanol–water partition coefficient (Wildman–Crippen LogP) is 2.60. The van der Waals surface area contributed by atoms with Gasteiger partial charge in [-0.3, -0.25) is 0 Å². The molecule has 1 aliphatic heterocycles. The van der Waals surface area contributed by atoms with Gasteiger partial charge in [0.2, 0.25) is 0 Å². The molecule has 4 heteroatoms. The van der Waals surface area contributed by atoms with Crippen LogP contribution in [0.25, 0.3) is 0 Å². The molecular weight excluding hydrogens is 218 g/mol. The standard InChI is InChI=1S/C10H15NOS.ClH/c11-10(9-2-1-7-13-9)8-3-5-12-6-4-8;/h1-2,7-8,10H,3-6,11H2;1H/t10-;/m0./s1. The van der Waals surface area contributed by atoms with Gasteiger partial charge in [0.15, 0.2) is 0 Å². The summed E-state index contributed by atoms with van der Waals surface area (Å²) in [6, 6.07) is 4.42. The maximum Gasteiger partial charge on any atom is 0.0469 e. The summed E-state index contributed by atoms with van der Waals surface area (Å²) in [6.45, 7) is 1.76. The van der Waals surface area contributed by atoms with Crippen molar-refractivity contribution in [1.29, 1.82) is 0 Å². The summed E-state index contributed by atoms with van der Waals surface area (Å²) in [7, 11) is 0. The summed E-state index contributed by atoms with van der Waals surface area (Å²) in [5.41, 5.74) is 6.17. The van der Waals surface area contributed by atoms with Gasteiger partial charge in [-0.05, 0) is 30.2 Å². The second kappa shape index (κ2) is 5.71. The summed E-state index contributed by atoms with van der Waals surface area (Å²) < 4.78 is 5.32. The smallest absolute Gasteiger partial charge is 0.0469 e. The highest BCUT2D eigenvalue weighted by Gasteiger charge is 2.22. The van der Waals surface area contributed by atoms with Gasteiger partial charge in [-0.1, -0.05) is 6.07 Å². The SMILES string of the molecule is Cl.N[C@H](c1cccs1)C1CCOCC1. The molecular formula is C10H16ClNOS. The van der Waals surface area contributed by atoms with Crippen LogP contribution in [0.15, 0.2) is 17.5 Å². The van der Waals surface area contributed by atoms with Crippen LogP contribution in [-0.2, 0) is 4.74 Å². The van der Waals surface area contributed by atoms with Crippen molar-refractivity contribution in [3.63, 3.8) is 0 Å². The molecule has 80 valence electrons. The zero-order valence-electron chi connectivity index (χ0n) is 8.02. The lowest BCUT2D eigenvalue weighted by Gasteiger charge is -2.26. The summed E-state index contributed by atoms with van der Waals surface area (Å²) >= 11 is 1.76. The predicted molar refractivity (Wildman–Crippen MR) is 62.0 cm³/mol. The van der Waals surface area contributed by atoms with Crippen molar-refractivity contribution in [1.82, 2.24) is 0 Å². The van der Waals surface area contributed by atoms with Crippen LogP contribution in [-0.4, -0.2) is 13.2 Å². The van der Waals surface area contributed by atoms with E-state index in [1.165, 1.54) is 4.88 Å². The van der Waals surface area contributed by atoms with Crippen LogP contribution in [0.2, 0.25) is 0 Å². The van der Waals surface area contributed by atoms with E-state index in [0.717, 1.165) is 26.1 Å². The number of rotatable bonds is 2. The van der Waals surface area contributed by atoms with E-state index in [9.17, 15) is 0 Å². The van der Waals surface area contributed by atoms with E-state index in [0.29, 0.717) is 5.92 Å². The fraction of sp³-hybridized carbons (Fsp3) is 0.600. The Balaban J connectivity index is 0.000000980. The molecule has 1 aliphatic rings. The Morgan fingerprint density at radius 3 is 2.71 bits per heavy atom. The van der Waals surface area contributed by atoms with Crippen molar-refractivity contribution in [2.75, 3.05) is 13.2 Å². The van der Waals surface area contributed by atoms with Crippen molar-refractivity contribution in [2.45, 2.75) is 18.9 Å². The minimum atomic E-state index is 0. The zero-order chi connectivity index (χ0) is 9.10. The molecule has 0 aromatic carbocycles. The molecule has 2 rings (SSSR count). The third-order valence-corrected chi connectivity index (χ3v) is 3.62. The molecule has 0 bridgehead atoms. The topological polar surface area (TPSA) is 35.2 Å². The number of hydrogen-bond donors (Lipinski definition) is 1. The average molecular weight is 234 g/mol. The highest BCUT2D eigenvalue weighted by atomic mass is 35.5. The van der Waals surface area contributed by atoms with E-state index in [1.54, 1.807) is 11.3 Å². The molecule has 2 nitrogen and oxygen atoms in total. The minimum absolute atomic E-state index is 0. The van der Waals surface area contributed by atoms with E-state index >= 15 is 0 Å². The monoisotopic (exact) mass is 233 g/mol. The molecule has 0 aliphatic carbocycles. The van der Waals surface area contributed by atoms with E-state index in [1.807, 2.05) is 0 Å². The number of nitrogens with two attached hydrogens (primary N) is 1. The average Bonchev–Trinajstić information content (AvgIpc) is 2.71. The van der Waals surface area contributed by atoms with E-state index in [2.05, 4.69) is 17.5 Å². The summed E-state index contributed by atoms with van der Waals surface area (Å²) in [4.78, 5) is 1.31. The lowest BCUT2D eigenvalue weighted by Crippen LogP contribution is -2.26. The number of halogens is 1. The Bertz CT molecular complexity index is 247. The number of thiophene rings is 1. The molecule has 0 unspecified atom stereocenters. The van der Waals surface area contributed by atoms with Crippen LogP contribution in [0.4, 0.5) is 0 Å². The van der Waals surface area contributed by atoms with Crippen molar-refractivity contribution in [3.05, 3.63) is 22.4 Å². The fourth-order valence-electron chi connectivity index (χ4n) is 1.79. The van der Waals surface area contributed by atoms with Gasteiger partial charge in [0, 0.05) is 24.1 Å².